The van der Waals surface area contributed by atoms with E-state index < -0.39 is 0 Å². The molecule has 2 heterocycles. The van der Waals surface area contributed by atoms with E-state index in [2.05, 4.69) is 11.2 Å². The highest BCUT2D eigenvalue weighted by Crippen LogP contribution is 2.28. The van der Waals surface area contributed by atoms with Gasteiger partial charge in [0.25, 0.3) is 5.91 Å². The third-order valence-electron chi connectivity index (χ3n) is 3.35. The fourth-order valence-corrected chi connectivity index (χ4v) is 2.50. The summed E-state index contributed by atoms with van der Waals surface area (Å²) in [6.45, 7) is 2.66. The van der Waals surface area contributed by atoms with Crippen LogP contribution in [0.25, 0.3) is 0 Å². The number of carbonyl (C=O) groups is 1. The van der Waals surface area contributed by atoms with Gasteiger partial charge in [0, 0.05) is 31.0 Å². The molecule has 18 heavy (non-hydrogen) atoms. The van der Waals surface area contributed by atoms with Crippen molar-refractivity contribution in [1.29, 1.82) is 0 Å². The molecule has 0 spiro atoms. The Hall–Kier alpha value is -2.10. The maximum absolute atomic E-state index is 12.5. The number of hydrogen-bond acceptors (Lipinski definition) is 2. The Morgan fingerprint density at radius 3 is 2.83 bits per heavy atom. The normalized spacial score (nSPS) is 13.8. The van der Waals surface area contributed by atoms with Gasteiger partial charge in [-0.25, -0.2) is 0 Å². The first kappa shape index (κ1) is 11.0. The van der Waals surface area contributed by atoms with E-state index in [9.17, 15) is 4.79 Å². The van der Waals surface area contributed by atoms with E-state index in [4.69, 9.17) is 0 Å². The van der Waals surface area contributed by atoms with Gasteiger partial charge in [0.05, 0.1) is 0 Å². The molecule has 1 aliphatic heterocycles. The fraction of sp³-hybridized carbons (Fsp3) is 0.286. The maximum atomic E-state index is 12.5. The second-order valence-electron chi connectivity index (χ2n) is 4.67. The van der Waals surface area contributed by atoms with Gasteiger partial charge in [-0.05, 0) is 25.0 Å². The van der Waals surface area contributed by atoms with Crippen molar-refractivity contribution in [3.63, 3.8) is 0 Å². The minimum atomic E-state index is -0.00181. The van der Waals surface area contributed by atoms with Gasteiger partial charge in [-0.1, -0.05) is 18.2 Å². The molecule has 4 nitrogen and oxygen atoms in total. The number of fused-ring (bicyclic) bond motifs is 1. The van der Waals surface area contributed by atoms with Crippen molar-refractivity contribution in [2.45, 2.75) is 13.3 Å². The predicted octanol–water partition coefficient (Wildman–Crippen LogP) is 1.93. The Bertz CT molecular complexity index is 615. The average Bonchev–Trinajstić information content (AvgIpc) is 2.92. The number of aryl methyl sites for hydroxylation is 2. The Kier molecular flexibility index (Phi) is 2.44. The van der Waals surface area contributed by atoms with Crippen molar-refractivity contribution < 1.29 is 4.79 Å². The number of hydrogen-bond donors (Lipinski definition) is 0. The number of rotatable bonds is 1. The quantitative estimate of drug-likeness (QED) is 0.765. The van der Waals surface area contributed by atoms with Crippen LogP contribution in [0.1, 0.15) is 21.6 Å². The highest BCUT2D eigenvalue weighted by Gasteiger charge is 2.27. The van der Waals surface area contributed by atoms with E-state index in [-0.39, 0.29) is 5.91 Å². The zero-order valence-electron chi connectivity index (χ0n) is 10.6. The van der Waals surface area contributed by atoms with Crippen LogP contribution in [0.3, 0.4) is 0 Å². The Morgan fingerprint density at radius 2 is 2.11 bits per heavy atom. The summed E-state index contributed by atoms with van der Waals surface area (Å²) < 4.78 is 1.69. The molecule has 0 bridgehead atoms. The summed E-state index contributed by atoms with van der Waals surface area (Å²) in [5.74, 6) is -0.00181. The number of carbonyl (C=O) groups excluding carboxylic acids is 1. The summed E-state index contributed by atoms with van der Waals surface area (Å²) in [7, 11) is 1.84. The molecule has 92 valence electrons. The summed E-state index contributed by atoms with van der Waals surface area (Å²) in [5.41, 5.74) is 3.73. The van der Waals surface area contributed by atoms with Gasteiger partial charge in [0.1, 0.15) is 0 Å². The first-order valence-corrected chi connectivity index (χ1v) is 6.07. The smallest absolute Gasteiger partial charge is 0.279 e. The largest absolute Gasteiger partial charge is 0.306 e. The third kappa shape index (κ3) is 1.61. The van der Waals surface area contributed by atoms with E-state index in [0.717, 1.165) is 24.2 Å². The topological polar surface area (TPSA) is 38.1 Å². The molecule has 0 radical (unpaired) electrons. The van der Waals surface area contributed by atoms with Crippen LogP contribution in [0.5, 0.6) is 0 Å². The number of benzene rings is 1. The molecule has 3 rings (SSSR count). The van der Waals surface area contributed by atoms with E-state index in [0.29, 0.717) is 5.69 Å². The molecule has 0 saturated heterocycles. The van der Waals surface area contributed by atoms with Crippen LogP contribution in [0.4, 0.5) is 5.69 Å². The molecular formula is C14H15N3O. The second-order valence-corrected chi connectivity index (χ2v) is 4.67. The lowest BCUT2D eigenvalue weighted by atomic mass is 10.2. The van der Waals surface area contributed by atoms with Crippen LogP contribution in [0.2, 0.25) is 0 Å². The molecule has 1 aliphatic rings. The van der Waals surface area contributed by atoms with Crippen molar-refractivity contribution in [3.8, 4) is 0 Å². The molecule has 0 atom stereocenters. The van der Waals surface area contributed by atoms with Gasteiger partial charge in [-0.2, -0.15) is 5.10 Å². The number of amides is 1. The Morgan fingerprint density at radius 1 is 1.33 bits per heavy atom. The van der Waals surface area contributed by atoms with Gasteiger partial charge >= 0.3 is 0 Å². The minimum Gasteiger partial charge on any atom is -0.306 e. The first-order valence-electron chi connectivity index (χ1n) is 6.07. The van der Waals surface area contributed by atoms with Gasteiger partial charge in [-0.3, -0.25) is 9.48 Å². The highest BCUT2D eigenvalue weighted by molar-refractivity contribution is 6.06. The number of para-hydroxylation sites is 1. The summed E-state index contributed by atoms with van der Waals surface area (Å²) in [6.07, 6.45) is 2.79. The molecule has 2 aromatic rings. The standard InChI is InChI=1S/C14H15N3O/c1-10-9-16(2)15-13(10)14(18)17-8-7-11-5-3-4-6-12(11)17/h3-6,9H,7-8H2,1-2H3. The van der Waals surface area contributed by atoms with E-state index in [1.165, 1.54) is 5.56 Å². The zero-order chi connectivity index (χ0) is 12.7. The zero-order valence-corrected chi connectivity index (χ0v) is 10.6. The highest BCUT2D eigenvalue weighted by atomic mass is 16.2. The Labute approximate surface area is 106 Å². The van der Waals surface area contributed by atoms with E-state index in [1.54, 1.807) is 4.68 Å². The van der Waals surface area contributed by atoms with Crippen LogP contribution in [0, 0.1) is 6.92 Å². The molecule has 0 aliphatic carbocycles. The second kappa shape index (κ2) is 3.98. The van der Waals surface area contributed by atoms with Gasteiger partial charge in [0.2, 0.25) is 0 Å². The average molecular weight is 241 g/mol. The molecule has 4 heteroatoms. The lowest BCUT2D eigenvalue weighted by Crippen LogP contribution is -2.29. The maximum Gasteiger partial charge on any atom is 0.279 e. The van der Waals surface area contributed by atoms with Gasteiger partial charge < -0.3 is 4.90 Å². The van der Waals surface area contributed by atoms with Crippen LogP contribution < -0.4 is 4.90 Å². The molecule has 0 unspecified atom stereocenters. The minimum absolute atomic E-state index is 0.00181. The summed E-state index contributed by atoms with van der Waals surface area (Å²) in [4.78, 5) is 14.3. The fourth-order valence-electron chi connectivity index (χ4n) is 2.50. The molecule has 0 N–H and O–H groups in total. The number of anilines is 1. The SMILES string of the molecule is Cc1cn(C)nc1C(=O)N1CCc2ccccc21. The molecule has 1 amide bonds. The Balaban J connectivity index is 1.98. The molecule has 1 aromatic heterocycles. The summed E-state index contributed by atoms with van der Waals surface area (Å²) in [5, 5.41) is 4.25. The predicted molar refractivity (Wildman–Crippen MR) is 69.8 cm³/mol. The van der Waals surface area contributed by atoms with Gasteiger partial charge in [0.15, 0.2) is 5.69 Å². The van der Waals surface area contributed by atoms with Crippen molar-refractivity contribution in [2.75, 3.05) is 11.4 Å². The summed E-state index contributed by atoms with van der Waals surface area (Å²) >= 11 is 0. The molecular weight excluding hydrogens is 226 g/mol. The van der Waals surface area contributed by atoms with Crippen LogP contribution >= 0.6 is 0 Å². The van der Waals surface area contributed by atoms with Gasteiger partial charge in [-0.15, -0.1) is 0 Å². The van der Waals surface area contributed by atoms with Crippen molar-refractivity contribution in [1.82, 2.24) is 9.78 Å². The van der Waals surface area contributed by atoms with Crippen LogP contribution in [-0.2, 0) is 13.5 Å². The monoisotopic (exact) mass is 241 g/mol. The van der Waals surface area contributed by atoms with E-state index >= 15 is 0 Å². The summed E-state index contributed by atoms with van der Waals surface area (Å²) in [6, 6.07) is 8.06. The third-order valence-corrected chi connectivity index (χ3v) is 3.35. The lowest BCUT2D eigenvalue weighted by molar-refractivity contribution is 0.0983. The molecule has 1 aromatic carbocycles. The molecule has 0 saturated carbocycles. The van der Waals surface area contributed by atoms with Crippen molar-refractivity contribution >= 4 is 11.6 Å². The van der Waals surface area contributed by atoms with E-state index in [1.807, 2.05) is 43.3 Å². The lowest BCUT2D eigenvalue weighted by Gasteiger charge is -2.16. The number of aromatic nitrogens is 2. The van der Waals surface area contributed by atoms with Crippen LogP contribution in [-0.4, -0.2) is 22.2 Å². The van der Waals surface area contributed by atoms with Crippen LogP contribution in [0.15, 0.2) is 30.5 Å². The van der Waals surface area contributed by atoms with Crippen molar-refractivity contribution in [2.24, 2.45) is 7.05 Å². The first-order chi connectivity index (χ1) is 8.66. The molecule has 0 fully saturated rings. The van der Waals surface area contributed by atoms with Crippen molar-refractivity contribution in [3.05, 3.63) is 47.3 Å². The number of nitrogens with zero attached hydrogens (tertiary/aromatic N) is 3.